The summed E-state index contributed by atoms with van der Waals surface area (Å²) in [6.45, 7) is 2.10. The number of ketones is 1. The van der Waals surface area contributed by atoms with Crippen LogP contribution >= 0.6 is 23.1 Å². The van der Waals surface area contributed by atoms with Gasteiger partial charge in [-0.2, -0.15) is 5.26 Å². The zero-order valence-electron chi connectivity index (χ0n) is 15.5. The van der Waals surface area contributed by atoms with Crippen LogP contribution in [0.4, 0.5) is 5.69 Å². The van der Waals surface area contributed by atoms with Gasteiger partial charge in [0.05, 0.1) is 29.4 Å². The van der Waals surface area contributed by atoms with E-state index in [0.29, 0.717) is 17.8 Å². The Morgan fingerprint density at radius 2 is 2.29 bits per heavy atom. The zero-order chi connectivity index (χ0) is 19.7. The first-order valence-corrected chi connectivity index (χ1v) is 11.1. The Kier molecular flexibility index (Phi) is 5.25. The van der Waals surface area contributed by atoms with E-state index >= 15 is 0 Å². The second-order valence-electron chi connectivity index (χ2n) is 6.61. The summed E-state index contributed by atoms with van der Waals surface area (Å²) in [7, 11) is 0. The molecule has 0 fully saturated rings. The van der Waals surface area contributed by atoms with Gasteiger partial charge < -0.3 is 5.73 Å². The van der Waals surface area contributed by atoms with Crippen molar-refractivity contribution in [2.75, 3.05) is 10.7 Å². The molecule has 2 aromatic rings. The average molecular weight is 409 g/mol. The number of nitrogens with two attached hydrogens (primary N) is 1. The molecule has 0 aromatic carbocycles. The molecule has 2 N–H and O–H groups in total. The van der Waals surface area contributed by atoms with E-state index in [9.17, 15) is 10.1 Å². The van der Waals surface area contributed by atoms with Crippen LogP contribution in [0, 0.1) is 11.3 Å². The highest BCUT2D eigenvalue weighted by molar-refractivity contribution is 7.99. The number of Topliss-reactive ketones (excluding diaryl/α,β-unsaturated/α-hetero) is 1. The minimum absolute atomic E-state index is 0.112. The smallest absolute Gasteiger partial charge is 0.161 e. The van der Waals surface area contributed by atoms with Gasteiger partial charge in [0.25, 0.3) is 0 Å². The number of hydrogen-bond acceptors (Lipinski definition) is 7. The number of hydrogen-bond donors (Lipinski definition) is 1. The summed E-state index contributed by atoms with van der Waals surface area (Å²) in [5.41, 5.74) is 9.40. The van der Waals surface area contributed by atoms with Gasteiger partial charge in [-0.1, -0.05) is 6.92 Å². The van der Waals surface area contributed by atoms with Crippen LogP contribution in [-0.4, -0.2) is 16.5 Å². The summed E-state index contributed by atoms with van der Waals surface area (Å²) in [6, 6.07) is 8.13. The molecular formula is C21H20N4OS2. The van der Waals surface area contributed by atoms with E-state index < -0.39 is 0 Å². The standard InChI is InChI=1S/C21H20N4OS2/c1-2-27-17-8-10-28-20(17)18-14(11-22)21(23)25(13-5-4-9-24-12-13)15-6-3-7-16(26)19(15)18/h4-5,8-10,12,18H,2-3,6-7,23H2,1H3. The number of pyridine rings is 1. The molecule has 5 nitrogen and oxygen atoms in total. The van der Waals surface area contributed by atoms with Crippen LogP contribution in [0.15, 0.2) is 63.5 Å². The molecule has 0 saturated carbocycles. The fraction of sp³-hybridized carbons (Fsp3) is 0.286. The van der Waals surface area contributed by atoms with E-state index in [1.165, 1.54) is 0 Å². The van der Waals surface area contributed by atoms with Crippen molar-refractivity contribution in [1.82, 2.24) is 4.98 Å². The summed E-state index contributed by atoms with van der Waals surface area (Å²) in [4.78, 5) is 21.3. The monoisotopic (exact) mass is 408 g/mol. The second-order valence-corrected chi connectivity index (χ2v) is 8.86. The Morgan fingerprint density at radius 1 is 1.43 bits per heavy atom. The number of nitrogens with zero attached hydrogens (tertiary/aromatic N) is 3. The maximum Gasteiger partial charge on any atom is 0.161 e. The third kappa shape index (κ3) is 3.03. The van der Waals surface area contributed by atoms with Crippen molar-refractivity contribution in [3.05, 3.63) is 63.5 Å². The minimum Gasteiger partial charge on any atom is -0.384 e. The lowest BCUT2D eigenvalue weighted by atomic mass is 9.78. The Labute approximate surface area is 172 Å². The van der Waals surface area contributed by atoms with Gasteiger partial charge in [-0.3, -0.25) is 14.7 Å². The number of rotatable bonds is 4. The van der Waals surface area contributed by atoms with Gasteiger partial charge in [0.2, 0.25) is 0 Å². The molecule has 1 aliphatic heterocycles. The molecule has 1 atom stereocenters. The Balaban J connectivity index is 1.96. The third-order valence-corrected chi connectivity index (χ3v) is 7.10. The quantitative estimate of drug-likeness (QED) is 0.747. The van der Waals surface area contributed by atoms with Crippen molar-refractivity contribution in [3.8, 4) is 6.07 Å². The van der Waals surface area contributed by atoms with Gasteiger partial charge in [-0.15, -0.1) is 23.1 Å². The van der Waals surface area contributed by atoms with Gasteiger partial charge in [-0.05, 0) is 42.2 Å². The normalized spacial score (nSPS) is 19.6. The van der Waals surface area contributed by atoms with Crippen molar-refractivity contribution in [2.45, 2.75) is 37.0 Å². The predicted octanol–water partition coefficient (Wildman–Crippen LogP) is 4.56. The zero-order valence-corrected chi connectivity index (χ0v) is 17.1. The first kappa shape index (κ1) is 18.8. The van der Waals surface area contributed by atoms with E-state index in [4.69, 9.17) is 5.73 Å². The van der Waals surface area contributed by atoms with E-state index in [1.54, 1.807) is 35.5 Å². The molecule has 28 heavy (non-hydrogen) atoms. The van der Waals surface area contributed by atoms with E-state index in [0.717, 1.165) is 45.3 Å². The first-order valence-electron chi connectivity index (χ1n) is 9.23. The van der Waals surface area contributed by atoms with Crippen molar-refractivity contribution in [2.24, 2.45) is 5.73 Å². The highest BCUT2D eigenvalue weighted by atomic mass is 32.2. The Bertz CT molecular complexity index is 1020. The molecule has 0 amide bonds. The van der Waals surface area contributed by atoms with Gasteiger partial charge in [0, 0.05) is 33.7 Å². The number of carbonyl (C=O) groups is 1. The van der Waals surface area contributed by atoms with Crippen LogP contribution in [0.3, 0.4) is 0 Å². The highest BCUT2D eigenvalue weighted by Crippen LogP contribution is 2.49. The number of carbonyl (C=O) groups excluding carboxylic acids is 1. The number of allylic oxidation sites excluding steroid dienone is 3. The summed E-state index contributed by atoms with van der Waals surface area (Å²) >= 11 is 3.33. The minimum atomic E-state index is -0.380. The summed E-state index contributed by atoms with van der Waals surface area (Å²) in [6.07, 6.45) is 5.47. The lowest BCUT2D eigenvalue weighted by molar-refractivity contribution is -0.116. The number of thioether (sulfide) groups is 1. The number of thiophene rings is 1. The lowest BCUT2D eigenvalue weighted by Gasteiger charge is -2.39. The molecule has 7 heteroatoms. The number of nitriles is 1. The van der Waals surface area contributed by atoms with Crippen LogP contribution in [0.25, 0.3) is 0 Å². The van der Waals surface area contributed by atoms with E-state index in [2.05, 4.69) is 24.0 Å². The Hall–Kier alpha value is -2.56. The van der Waals surface area contributed by atoms with E-state index in [1.807, 2.05) is 22.4 Å². The van der Waals surface area contributed by atoms with E-state index in [-0.39, 0.29) is 11.7 Å². The topological polar surface area (TPSA) is 83.0 Å². The van der Waals surface area contributed by atoms with Gasteiger partial charge in [-0.25, -0.2) is 0 Å². The molecule has 2 aromatic heterocycles. The molecule has 4 rings (SSSR count). The second kappa shape index (κ2) is 7.82. The van der Waals surface area contributed by atoms with Crippen LogP contribution in [0.2, 0.25) is 0 Å². The summed E-state index contributed by atoms with van der Waals surface area (Å²) in [5, 5.41) is 12.1. The van der Waals surface area contributed by atoms with Crippen molar-refractivity contribution in [3.63, 3.8) is 0 Å². The van der Waals surface area contributed by atoms with Crippen molar-refractivity contribution < 1.29 is 4.79 Å². The maximum absolute atomic E-state index is 13.1. The van der Waals surface area contributed by atoms with Gasteiger partial charge in [0.15, 0.2) is 5.78 Å². The third-order valence-electron chi connectivity index (χ3n) is 5.04. The van der Waals surface area contributed by atoms with Crippen LogP contribution in [0.1, 0.15) is 37.0 Å². The van der Waals surface area contributed by atoms with Crippen molar-refractivity contribution >= 4 is 34.6 Å². The number of anilines is 1. The molecule has 3 heterocycles. The molecule has 0 saturated heterocycles. The predicted molar refractivity (Wildman–Crippen MR) is 113 cm³/mol. The average Bonchev–Trinajstić information content (AvgIpc) is 3.16. The summed E-state index contributed by atoms with van der Waals surface area (Å²) < 4.78 is 0. The molecule has 0 spiro atoms. The molecular weight excluding hydrogens is 388 g/mol. The molecule has 0 bridgehead atoms. The first-order chi connectivity index (χ1) is 13.7. The largest absolute Gasteiger partial charge is 0.384 e. The molecule has 142 valence electrons. The van der Waals surface area contributed by atoms with Crippen LogP contribution in [-0.2, 0) is 4.79 Å². The fourth-order valence-electron chi connectivity index (χ4n) is 3.92. The molecule has 2 aliphatic rings. The van der Waals surface area contributed by atoms with Gasteiger partial charge in [0.1, 0.15) is 5.82 Å². The number of aromatic nitrogens is 1. The maximum atomic E-state index is 13.1. The lowest BCUT2D eigenvalue weighted by Crippen LogP contribution is -2.38. The molecule has 0 radical (unpaired) electrons. The highest BCUT2D eigenvalue weighted by Gasteiger charge is 2.41. The fourth-order valence-corrected chi connectivity index (χ4v) is 5.97. The Morgan fingerprint density at radius 3 is 3.00 bits per heavy atom. The molecule has 1 aliphatic carbocycles. The molecule has 1 unspecified atom stereocenters. The van der Waals surface area contributed by atoms with Gasteiger partial charge >= 0.3 is 0 Å². The SMILES string of the molecule is CCSc1ccsc1C1C(C#N)=C(N)N(c2cccnc2)C2=C1C(=O)CCC2. The van der Waals surface area contributed by atoms with Crippen LogP contribution in [0.5, 0.6) is 0 Å². The van der Waals surface area contributed by atoms with Crippen LogP contribution < -0.4 is 10.6 Å². The summed E-state index contributed by atoms with van der Waals surface area (Å²) in [5.74, 6) is 1.06. The van der Waals surface area contributed by atoms with Crippen molar-refractivity contribution in [1.29, 1.82) is 5.26 Å².